The van der Waals surface area contributed by atoms with Crippen molar-refractivity contribution in [1.82, 2.24) is 9.88 Å². The quantitative estimate of drug-likeness (QED) is 0.790. The van der Waals surface area contributed by atoms with E-state index in [0.717, 1.165) is 27.9 Å². The highest BCUT2D eigenvalue weighted by molar-refractivity contribution is 8.18. The largest absolute Gasteiger partial charge is 0.298 e. The Bertz CT molecular complexity index is 578. The monoisotopic (exact) mass is 276 g/mol. The molecule has 0 atom stereocenters. The number of hydrogen-bond donors (Lipinski definition) is 0. The van der Waals surface area contributed by atoms with Crippen LogP contribution in [0.25, 0.3) is 6.08 Å². The van der Waals surface area contributed by atoms with Crippen LogP contribution >= 0.6 is 11.8 Å². The summed E-state index contributed by atoms with van der Waals surface area (Å²) in [6, 6.07) is 3.65. The fourth-order valence-corrected chi connectivity index (χ4v) is 2.41. The molecule has 0 aromatic carbocycles. The maximum atomic E-state index is 12.0. The van der Waals surface area contributed by atoms with Gasteiger partial charge in [-0.05, 0) is 43.3 Å². The summed E-state index contributed by atoms with van der Waals surface area (Å²) in [5.74, 6) is -0.647. The molecule has 5 nitrogen and oxygen atoms in total. The molecule has 0 unspecified atom stereocenters. The number of nitrogens with zero attached hydrogens (tertiary/aromatic N) is 2. The van der Waals surface area contributed by atoms with E-state index in [1.165, 1.54) is 6.92 Å². The summed E-state index contributed by atoms with van der Waals surface area (Å²) >= 11 is 0.841. The fourth-order valence-electron chi connectivity index (χ4n) is 1.57. The molecule has 19 heavy (non-hydrogen) atoms. The number of aryl methyl sites for hydroxylation is 1. The molecule has 0 spiro atoms. The molecule has 1 saturated heterocycles. The van der Waals surface area contributed by atoms with Gasteiger partial charge >= 0.3 is 0 Å². The lowest BCUT2D eigenvalue weighted by atomic mass is 10.2. The van der Waals surface area contributed by atoms with Crippen molar-refractivity contribution < 1.29 is 14.4 Å². The van der Waals surface area contributed by atoms with Crippen molar-refractivity contribution >= 4 is 34.8 Å². The third-order valence-electron chi connectivity index (χ3n) is 2.49. The van der Waals surface area contributed by atoms with E-state index in [4.69, 9.17) is 0 Å². The third kappa shape index (κ3) is 3.08. The average Bonchev–Trinajstić information content (AvgIpc) is 2.60. The van der Waals surface area contributed by atoms with Gasteiger partial charge in [-0.15, -0.1) is 0 Å². The van der Waals surface area contributed by atoms with Gasteiger partial charge in [0.25, 0.3) is 11.1 Å². The standard InChI is InChI=1S/C13H12N2O3S/c1-8-3-4-10(6-14-8)5-11-12(17)15(7-9(2)16)13(18)19-11/h3-6H,7H2,1-2H3/b11-5-. The van der Waals surface area contributed by atoms with Crippen LogP contribution in [-0.4, -0.2) is 33.4 Å². The Labute approximate surface area is 114 Å². The number of hydrogen-bond acceptors (Lipinski definition) is 5. The Kier molecular flexibility index (Phi) is 3.80. The predicted molar refractivity (Wildman–Crippen MR) is 72.3 cm³/mol. The molecule has 2 amide bonds. The van der Waals surface area contributed by atoms with E-state index in [-0.39, 0.29) is 12.3 Å². The minimum absolute atomic E-state index is 0.172. The molecule has 1 aliphatic rings. The molecule has 0 aliphatic carbocycles. The highest BCUT2D eigenvalue weighted by Crippen LogP contribution is 2.31. The molecule has 6 heteroatoms. The highest BCUT2D eigenvalue weighted by atomic mass is 32.2. The Morgan fingerprint density at radius 3 is 2.74 bits per heavy atom. The van der Waals surface area contributed by atoms with Gasteiger partial charge in [0.05, 0.1) is 11.4 Å². The van der Waals surface area contributed by atoms with Gasteiger partial charge in [0.15, 0.2) is 0 Å². The van der Waals surface area contributed by atoms with Crippen LogP contribution < -0.4 is 0 Å². The van der Waals surface area contributed by atoms with Crippen molar-refractivity contribution in [3.8, 4) is 0 Å². The first kappa shape index (κ1) is 13.5. The van der Waals surface area contributed by atoms with E-state index in [9.17, 15) is 14.4 Å². The van der Waals surface area contributed by atoms with Gasteiger partial charge in [-0.25, -0.2) is 0 Å². The first-order valence-electron chi connectivity index (χ1n) is 5.65. The molecule has 0 bridgehead atoms. The zero-order valence-corrected chi connectivity index (χ0v) is 11.4. The first-order chi connectivity index (χ1) is 8.97. The molecular weight excluding hydrogens is 264 g/mol. The van der Waals surface area contributed by atoms with E-state index in [1.54, 1.807) is 12.3 Å². The molecule has 1 aromatic rings. The van der Waals surface area contributed by atoms with Gasteiger partial charge in [-0.1, -0.05) is 6.07 Å². The molecule has 0 N–H and O–H groups in total. The molecule has 1 fully saturated rings. The Morgan fingerprint density at radius 1 is 1.42 bits per heavy atom. The molecule has 2 rings (SSSR count). The van der Waals surface area contributed by atoms with E-state index in [2.05, 4.69) is 4.98 Å². The Balaban J connectivity index is 2.23. The molecule has 1 aromatic heterocycles. The number of carbonyl (C=O) groups excluding carboxylic acids is 3. The Hall–Kier alpha value is -1.95. The van der Waals surface area contributed by atoms with Crippen molar-refractivity contribution in [2.24, 2.45) is 0 Å². The van der Waals surface area contributed by atoms with Crippen LogP contribution in [0.4, 0.5) is 4.79 Å². The molecule has 2 heterocycles. The van der Waals surface area contributed by atoms with E-state index >= 15 is 0 Å². The maximum absolute atomic E-state index is 12.0. The van der Waals surface area contributed by atoms with Gasteiger partial charge in [0.1, 0.15) is 5.78 Å². The predicted octanol–water partition coefficient (Wildman–Crippen LogP) is 2.02. The lowest BCUT2D eigenvalue weighted by molar-refractivity contribution is -0.127. The van der Waals surface area contributed by atoms with E-state index in [0.29, 0.717) is 4.91 Å². The number of thioether (sulfide) groups is 1. The van der Waals surface area contributed by atoms with Crippen LogP contribution in [0.2, 0.25) is 0 Å². The minimum Gasteiger partial charge on any atom is -0.298 e. The number of aromatic nitrogens is 1. The number of rotatable bonds is 3. The van der Waals surface area contributed by atoms with Crippen molar-refractivity contribution in [1.29, 1.82) is 0 Å². The smallest absolute Gasteiger partial charge is 0.293 e. The van der Waals surface area contributed by atoms with Gasteiger partial charge in [-0.3, -0.25) is 24.3 Å². The average molecular weight is 276 g/mol. The summed E-state index contributed by atoms with van der Waals surface area (Å²) in [5.41, 5.74) is 1.63. The van der Waals surface area contributed by atoms with Crippen LogP contribution in [0, 0.1) is 6.92 Å². The lowest BCUT2D eigenvalue weighted by Gasteiger charge is -2.08. The second kappa shape index (κ2) is 5.36. The summed E-state index contributed by atoms with van der Waals surface area (Å²) in [5, 5.41) is -0.411. The van der Waals surface area contributed by atoms with E-state index in [1.807, 2.05) is 19.1 Å². The molecule has 0 saturated carbocycles. The van der Waals surface area contributed by atoms with Crippen molar-refractivity contribution in [3.05, 3.63) is 34.5 Å². The Morgan fingerprint density at radius 2 is 2.16 bits per heavy atom. The van der Waals surface area contributed by atoms with Gasteiger partial charge in [-0.2, -0.15) is 0 Å². The molecule has 0 radical (unpaired) electrons. The van der Waals surface area contributed by atoms with Gasteiger partial charge in [0, 0.05) is 11.9 Å². The second-order valence-electron chi connectivity index (χ2n) is 4.20. The van der Waals surface area contributed by atoms with Gasteiger partial charge in [0.2, 0.25) is 0 Å². The number of imide groups is 1. The fraction of sp³-hybridized carbons (Fsp3) is 0.231. The van der Waals surface area contributed by atoms with Crippen molar-refractivity contribution in [3.63, 3.8) is 0 Å². The summed E-state index contributed by atoms with van der Waals surface area (Å²) in [7, 11) is 0. The zero-order chi connectivity index (χ0) is 14.0. The van der Waals surface area contributed by atoms with Crippen molar-refractivity contribution in [2.45, 2.75) is 13.8 Å². The normalized spacial score (nSPS) is 17.4. The van der Waals surface area contributed by atoms with Crippen molar-refractivity contribution in [2.75, 3.05) is 6.54 Å². The number of pyridine rings is 1. The minimum atomic E-state index is -0.425. The molecule has 98 valence electrons. The maximum Gasteiger partial charge on any atom is 0.293 e. The molecule has 1 aliphatic heterocycles. The van der Waals surface area contributed by atoms with Crippen LogP contribution in [0.5, 0.6) is 0 Å². The number of ketones is 1. The SMILES string of the molecule is CC(=O)CN1C(=O)S/C(=C\c2ccc(C)nc2)C1=O. The first-order valence-corrected chi connectivity index (χ1v) is 6.46. The second-order valence-corrected chi connectivity index (χ2v) is 5.20. The van der Waals surface area contributed by atoms with E-state index < -0.39 is 11.1 Å². The van der Waals surface area contributed by atoms with Crippen LogP contribution in [0.1, 0.15) is 18.2 Å². The van der Waals surface area contributed by atoms with Crippen LogP contribution in [0.3, 0.4) is 0 Å². The van der Waals surface area contributed by atoms with Crippen LogP contribution in [-0.2, 0) is 9.59 Å². The zero-order valence-electron chi connectivity index (χ0n) is 10.5. The number of amides is 2. The number of carbonyl (C=O) groups is 3. The molecular formula is C13H12N2O3S. The van der Waals surface area contributed by atoms with Crippen LogP contribution in [0.15, 0.2) is 23.2 Å². The topological polar surface area (TPSA) is 67.3 Å². The van der Waals surface area contributed by atoms with Gasteiger partial charge < -0.3 is 0 Å². The summed E-state index contributed by atoms with van der Waals surface area (Å²) < 4.78 is 0. The highest BCUT2D eigenvalue weighted by Gasteiger charge is 2.35. The summed E-state index contributed by atoms with van der Waals surface area (Å²) in [6.07, 6.45) is 3.24. The summed E-state index contributed by atoms with van der Waals surface area (Å²) in [4.78, 5) is 40.0. The lowest BCUT2D eigenvalue weighted by Crippen LogP contribution is -2.32. The third-order valence-corrected chi connectivity index (χ3v) is 3.39. The summed E-state index contributed by atoms with van der Waals surface area (Å²) in [6.45, 7) is 3.04. The number of Topliss-reactive ketones (excluding diaryl/α,β-unsaturated/α-hetero) is 1.